The van der Waals surface area contributed by atoms with Gasteiger partial charge in [0.2, 0.25) is 0 Å². The lowest BCUT2D eigenvalue weighted by Crippen LogP contribution is -2.11. The molecule has 0 amide bonds. The standard InChI is InChI=1S/C22H20O7/c1-13-10-21(24)28-19-12-18(15(11-17(13)19)6-9-20(23)27-3)29-22(25)14-4-7-16(26-2)8-5-14/h4-5,7-8,10-12H,6,9H2,1-3H3. The minimum Gasteiger partial charge on any atom is -0.497 e. The van der Waals surface area contributed by atoms with E-state index in [1.165, 1.54) is 26.4 Å². The van der Waals surface area contributed by atoms with E-state index < -0.39 is 11.6 Å². The summed E-state index contributed by atoms with van der Waals surface area (Å²) in [5.41, 5.74) is 1.49. The molecule has 2 aromatic carbocycles. The van der Waals surface area contributed by atoms with Crippen molar-refractivity contribution < 1.29 is 28.2 Å². The highest BCUT2D eigenvalue weighted by Crippen LogP contribution is 2.29. The van der Waals surface area contributed by atoms with Crippen LogP contribution >= 0.6 is 0 Å². The Kier molecular flexibility index (Phi) is 5.97. The molecule has 0 fully saturated rings. The number of carbonyl (C=O) groups is 2. The molecule has 0 radical (unpaired) electrons. The monoisotopic (exact) mass is 396 g/mol. The summed E-state index contributed by atoms with van der Waals surface area (Å²) in [6.07, 6.45) is 0.414. The number of aryl methyl sites for hydroxylation is 2. The second kappa shape index (κ2) is 8.60. The Labute approximate surface area is 166 Å². The molecular formula is C22H20O7. The van der Waals surface area contributed by atoms with Crippen molar-refractivity contribution in [2.75, 3.05) is 14.2 Å². The van der Waals surface area contributed by atoms with Gasteiger partial charge in [0.05, 0.1) is 19.8 Å². The Balaban J connectivity index is 1.99. The van der Waals surface area contributed by atoms with E-state index >= 15 is 0 Å². The quantitative estimate of drug-likeness (QED) is 0.358. The molecule has 0 aliphatic carbocycles. The lowest BCUT2D eigenvalue weighted by Gasteiger charge is -2.12. The van der Waals surface area contributed by atoms with E-state index in [0.717, 1.165) is 5.56 Å². The van der Waals surface area contributed by atoms with E-state index in [1.807, 2.05) is 0 Å². The van der Waals surface area contributed by atoms with Crippen LogP contribution in [0.4, 0.5) is 0 Å². The third kappa shape index (κ3) is 4.63. The minimum absolute atomic E-state index is 0.116. The van der Waals surface area contributed by atoms with E-state index in [-0.39, 0.29) is 18.1 Å². The van der Waals surface area contributed by atoms with Crippen molar-refractivity contribution in [1.82, 2.24) is 0 Å². The Morgan fingerprint density at radius 2 is 1.76 bits per heavy atom. The molecule has 7 nitrogen and oxygen atoms in total. The van der Waals surface area contributed by atoms with Crippen molar-refractivity contribution in [3.8, 4) is 11.5 Å². The lowest BCUT2D eigenvalue weighted by molar-refractivity contribution is -0.140. The fraction of sp³-hybridized carbons (Fsp3) is 0.227. The molecule has 0 spiro atoms. The van der Waals surface area contributed by atoms with Crippen molar-refractivity contribution in [2.45, 2.75) is 19.8 Å². The predicted molar refractivity (Wildman–Crippen MR) is 106 cm³/mol. The van der Waals surface area contributed by atoms with Crippen molar-refractivity contribution in [3.63, 3.8) is 0 Å². The molecule has 0 aliphatic heterocycles. The molecule has 0 aliphatic rings. The maximum absolute atomic E-state index is 12.6. The molecule has 0 atom stereocenters. The van der Waals surface area contributed by atoms with Gasteiger partial charge in [0.15, 0.2) is 0 Å². The van der Waals surface area contributed by atoms with Gasteiger partial charge in [-0.1, -0.05) is 0 Å². The SMILES string of the molecule is COC(=O)CCc1cc2c(C)cc(=O)oc2cc1OC(=O)c1ccc(OC)cc1. The zero-order valence-corrected chi connectivity index (χ0v) is 16.3. The first-order valence-corrected chi connectivity index (χ1v) is 8.91. The summed E-state index contributed by atoms with van der Waals surface area (Å²) in [5.74, 6) is -0.130. The number of esters is 2. The van der Waals surface area contributed by atoms with E-state index in [1.54, 1.807) is 37.3 Å². The highest BCUT2D eigenvalue weighted by molar-refractivity contribution is 5.92. The minimum atomic E-state index is -0.582. The summed E-state index contributed by atoms with van der Waals surface area (Å²) in [6, 6.07) is 11.1. The fourth-order valence-corrected chi connectivity index (χ4v) is 2.91. The number of benzene rings is 2. The number of hydrogen-bond acceptors (Lipinski definition) is 7. The molecular weight excluding hydrogens is 376 g/mol. The van der Waals surface area contributed by atoms with E-state index in [0.29, 0.717) is 34.3 Å². The first-order valence-electron chi connectivity index (χ1n) is 8.91. The van der Waals surface area contributed by atoms with Crippen LogP contribution in [-0.2, 0) is 16.0 Å². The van der Waals surface area contributed by atoms with Crippen molar-refractivity contribution in [3.05, 3.63) is 69.6 Å². The average Bonchev–Trinajstić information content (AvgIpc) is 2.72. The van der Waals surface area contributed by atoms with Gasteiger partial charge in [-0.05, 0) is 54.8 Å². The summed E-state index contributed by atoms with van der Waals surface area (Å²) < 4.78 is 20.6. The highest BCUT2D eigenvalue weighted by Gasteiger charge is 2.16. The van der Waals surface area contributed by atoms with Crippen LogP contribution in [0.1, 0.15) is 27.9 Å². The van der Waals surface area contributed by atoms with Gasteiger partial charge >= 0.3 is 17.6 Å². The molecule has 0 saturated carbocycles. The van der Waals surface area contributed by atoms with Crippen LogP contribution < -0.4 is 15.1 Å². The molecule has 0 bridgehead atoms. The molecule has 150 valence electrons. The molecule has 7 heteroatoms. The maximum Gasteiger partial charge on any atom is 0.343 e. The lowest BCUT2D eigenvalue weighted by atomic mass is 10.0. The normalized spacial score (nSPS) is 10.6. The number of fused-ring (bicyclic) bond motifs is 1. The second-order valence-corrected chi connectivity index (χ2v) is 6.40. The van der Waals surface area contributed by atoms with Crippen LogP contribution in [-0.4, -0.2) is 26.2 Å². The van der Waals surface area contributed by atoms with Gasteiger partial charge < -0.3 is 18.6 Å². The Morgan fingerprint density at radius 1 is 1.03 bits per heavy atom. The predicted octanol–water partition coefficient (Wildman–Crippen LogP) is 3.43. The summed E-state index contributed by atoms with van der Waals surface area (Å²) in [7, 11) is 2.85. The van der Waals surface area contributed by atoms with Crippen LogP contribution in [0.25, 0.3) is 11.0 Å². The van der Waals surface area contributed by atoms with Crippen LogP contribution in [0.3, 0.4) is 0 Å². The van der Waals surface area contributed by atoms with Crippen molar-refractivity contribution in [2.24, 2.45) is 0 Å². The molecule has 29 heavy (non-hydrogen) atoms. The summed E-state index contributed by atoms with van der Waals surface area (Å²) in [4.78, 5) is 35.9. The third-order valence-electron chi connectivity index (χ3n) is 4.49. The van der Waals surface area contributed by atoms with Crippen LogP contribution in [0.15, 0.2) is 51.7 Å². The summed E-state index contributed by atoms with van der Waals surface area (Å²) in [6.45, 7) is 1.78. The van der Waals surface area contributed by atoms with Crippen LogP contribution in [0, 0.1) is 6.92 Å². The van der Waals surface area contributed by atoms with Crippen molar-refractivity contribution >= 4 is 22.9 Å². The summed E-state index contributed by atoms with van der Waals surface area (Å²) in [5, 5.41) is 0.703. The number of ether oxygens (including phenoxy) is 3. The van der Waals surface area contributed by atoms with Crippen LogP contribution in [0.5, 0.6) is 11.5 Å². The number of hydrogen-bond donors (Lipinski definition) is 0. The molecule has 0 N–H and O–H groups in total. The smallest absolute Gasteiger partial charge is 0.343 e. The van der Waals surface area contributed by atoms with Gasteiger partial charge in [-0.25, -0.2) is 9.59 Å². The van der Waals surface area contributed by atoms with Crippen LogP contribution in [0.2, 0.25) is 0 Å². The molecule has 0 unspecified atom stereocenters. The largest absolute Gasteiger partial charge is 0.497 e. The average molecular weight is 396 g/mol. The molecule has 3 aromatic rings. The van der Waals surface area contributed by atoms with E-state index in [2.05, 4.69) is 0 Å². The first-order chi connectivity index (χ1) is 13.9. The highest BCUT2D eigenvalue weighted by atomic mass is 16.5. The number of methoxy groups -OCH3 is 2. The van der Waals surface area contributed by atoms with Gasteiger partial charge in [0.25, 0.3) is 0 Å². The molecule has 1 heterocycles. The zero-order valence-electron chi connectivity index (χ0n) is 16.3. The molecule has 1 aromatic heterocycles. The van der Waals surface area contributed by atoms with Gasteiger partial charge in [0.1, 0.15) is 17.1 Å². The Bertz CT molecular complexity index is 1110. The van der Waals surface area contributed by atoms with E-state index in [9.17, 15) is 14.4 Å². The molecule has 0 saturated heterocycles. The first kappa shape index (κ1) is 20.1. The zero-order chi connectivity index (χ0) is 21.0. The third-order valence-corrected chi connectivity index (χ3v) is 4.49. The topological polar surface area (TPSA) is 92.0 Å². The van der Waals surface area contributed by atoms with Crippen molar-refractivity contribution in [1.29, 1.82) is 0 Å². The molecule has 3 rings (SSSR count). The Hall–Kier alpha value is -3.61. The Morgan fingerprint density at radius 3 is 2.41 bits per heavy atom. The maximum atomic E-state index is 12.6. The summed E-state index contributed by atoms with van der Waals surface area (Å²) >= 11 is 0. The van der Waals surface area contributed by atoms with Gasteiger partial charge in [-0.2, -0.15) is 0 Å². The van der Waals surface area contributed by atoms with Gasteiger partial charge in [-0.15, -0.1) is 0 Å². The fourth-order valence-electron chi connectivity index (χ4n) is 2.91. The van der Waals surface area contributed by atoms with Gasteiger partial charge in [-0.3, -0.25) is 4.79 Å². The second-order valence-electron chi connectivity index (χ2n) is 6.40. The number of carbonyl (C=O) groups excluding carboxylic acids is 2. The van der Waals surface area contributed by atoms with E-state index in [4.69, 9.17) is 18.6 Å². The number of rotatable bonds is 6. The van der Waals surface area contributed by atoms with Gasteiger partial charge in [0, 0.05) is 23.9 Å².